The fraction of sp³-hybridized carbons (Fsp3) is 0.929. The molecule has 0 spiro atoms. The minimum absolute atomic E-state index is 0.239. The van der Waals surface area contributed by atoms with Crippen molar-refractivity contribution < 1.29 is 24.4 Å². The highest BCUT2D eigenvalue weighted by Crippen LogP contribution is 2.38. The van der Waals surface area contributed by atoms with Crippen molar-refractivity contribution in [1.29, 1.82) is 0 Å². The van der Waals surface area contributed by atoms with Crippen molar-refractivity contribution in [1.82, 2.24) is 0 Å². The van der Waals surface area contributed by atoms with Crippen LogP contribution in [0.3, 0.4) is 0 Å². The molecular formula is C14H26O5. The summed E-state index contributed by atoms with van der Waals surface area (Å²) in [6, 6.07) is 0. The van der Waals surface area contributed by atoms with Gasteiger partial charge < -0.3 is 9.84 Å². The minimum Gasteiger partial charge on any atom is -0.457 e. The van der Waals surface area contributed by atoms with E-state index in [1.165, 1.54) is 0 Å². The summed E-state index contributed by atoms with van der Waals surface area (Å²) in [4.78, 5) is 22.5. The van der Waals surface area contributed by atoms with Crippen LogP contribution >= 0.6 is 0 Å². The molecule has 0 saturated carbocycles. The van der Waals surface area contributed by atoms with Gasteiger partial charge in [0.2, 0.25) is 5.60 Å². The van der Waals surface area contributed by atoms with E-state index in [9.17, 15) is 9.90 Å². The summed E-state index contributed by atoms with van der Waals surface area (Å²) in [5.41, 5.74) is -1.70. The van der Waals surface area contributed by atoms with Crippen molar-refractivity contribution in [3.05, 3.63) is 0 Å². The predicted molar refractivity (Wildman–Crippen MR) is 70.4 cm³/mol. The van der Waals surface area contributed by atoms with Gasteiger partial charge in [-0.05, 0) is 33.6 Å². The number of rotatable bonds is 7. The highest BCUT2D eigenvalue weighted by Gasteiger charge is 2.58. The molecule has 0 aromatic heterocycles. The maximum Gasteiger partial charge on any atom is 0.345 e. The summed E-state index contributed by atoms with van der Waals surface area (Å²) in [5.74, 6) is -0.398. The molecule has 0 bridgehead atoms. The number of hydrogen-bond donors (Lipinski definition) is 1. The number of esters is 1. The molecule has 0 aliphatic carbocycles. The van der Waals surface area contributed by atoms with E-state index in [1.54, 1.807) is 20.8 Å². The summed E-state index contributed by atoms with van der Waals surface area (Å²) < 4.78 is 5.52. The molecule has 0 radical (unpaired) electrons. The van der Waals surface area contributed by atoms with Gasteiger partial charge in [-0.2, -0.15) is 0 Å². The Morgan fingerprint density at radius 3 is 2.47 bits per heavy atom. The van der Waals surface area contributed by atoms with Crippen LogP contribution in [-0.2, 0) is 19.3 Å². The van der Waals surface area contributed by atoms with Crippen LogP contribution in [0.15, 0.2) is 0 Å². The first-order chi connectivity index (χ1) is 8.77. The molecule has 5 nitrogen and oxygen atoms in total. The second kappa shape index (κ2) is 6.20. The molecule has 1 aliphatic rings. The zero-order valence-corrected chi connectivity index (χ0v) is 12.6. The molecule has 112 valence electrons. The van der Waals surface area contributed by atoms with Crippen molar-refractivity contribution in [2.75, 3.05) is 0 Å². The third-order valence-electron chi connectivity index (χ3n) is 3.41. The van der Waals surface area contributed by atoms with E-state index in [1.807, 2.05) is 13.8 Å². The van der Waals surface area contributed by atoms with Gasteiger partial charge in [-0.25, -0.2) is 14.6 Å². The highest BCUT2D eigenvalue weighted by atomic mass is 17.3. The van der Waals surface area contributed by atoms with Crippen molar-refractivity contribution in [2.24, 2.45) is 0 Å². The molecule has 1 aliphatic heterocycles. The van der Waals surface area contributed by atoms with Crippen LogP contribution in [0.1, 0.15) is 60.3 Å². The number of aliphatic hydroxyl groups excluding tert-OH is 1. The molecule has 0 amide bonds. The quantitative estimate of drug-likeness (QED) is 0.570. The molecule has 5 heteroatoms. The number of aliphatic hydroxyl groups is 1. The first-order valence-electron chi connectivity index (χ1n) is 7.03. The average Bonchev–Trinajstić information content (AvgIpc) is 2.23. The standard InChI is InChI=1S/C14H26O5/c1-6-8-11-14(7-2,19-18-11)12(16)17-13(4,5)9-10(3)15/h10-11,15H,6-9H2,1-5H3. The van der Waals surface area contributed by atoms with Crippen LogP contribution in [0.5, 0.6) is 0 Å². The first-order valence-corrected chi connectivity index (χ1v) is 7.03. The van der Waals surface area contributed by atoms with E-state index in [-0.39, 0.29) is 6.10 Å². The minimum atomic E-state index is -0.980. The van der Waals surface area contributed by atoms with Crippen molar-refractivity contribution in [3.63, 3.8) is 0 Å². The van der Waals surface area contributed by atoms with Gasteiger partial charge in [0.05, 0.1) is 6.10 Å². The molecule has 3 unspecified atom stereocenters. The highest BCUT2D eigenvalue weighted by molar-refractivity contribution is 5.81. The van der Waals surface area contributed by atoms with E-state index < -0.39 is 23.3 Å². The van der Waals surface area contributed by atoms with E-state index in [2.05, 4.69) is 0 Å². The lowest BCUT2D eigenvalue weighted by atomic mass is 9.88. The normalized spacial score (nSPS) is 28.6. The number of carbonyl (C=O) groups is 1. The van der Waals surface area contributed by atoms with Gasteiger partial charge >= 0.3 is 5.97 Å². The third-order valence-corrected chi connectivity index (χ3v) is 3.41. The SMILES string of the molecule is CCCC1OOC1(CC)C(=O)OC(C)(C)CC(C)O. The molecule has 0 aromatic carbocycles. The fourth-order valence-electron chi connectivity index (χ4n) is 2.46. The zero-order valence-electron chi connectivity index (χ0n) is 12.6. The Labute approximate surface area is 115 Å². The van der Waals surface area contributed by atoms with Crippen molar-refractivity contribution in [2.45, 2.75) is 83.7 Å². The molecule has 1 saturated heterocycles. The zero-order chi connectivity index (χ0) is 14.7. The molecule has 0 aromatic rings. The summed E-state index contributed by atoms with van der Waals surface area (Å²) in [7, 11) is 0. The van der Waals surface area contributed by atoms with E-state index >= 15 is 0 Å². The maximum atomic E-state index is 12.4. The largest absolute Gasteiger partial charge is 0.457 e. The van der Waals surface area contributed by atoms with Crippen LogP contribution in [0, 0.1) is 0 Å². The van der Waals surface area contributed by atoms with Crippen LogP contribution in [0.4, 0.5) is 0 Å². The lowest BCUT2D eigenvalue weighted by Crippen LogP contribution is -2.62. The molecular weight excluding hydrogens is 248 g/mol. The smallest absolute Gasteiger partial charge is 0.345 e. The van der Waals surface area contributed by atoms with E-state index in [4.69, 9.17) is 14.5 Å². The summed E-state index contributed by atoms with van der Waals surface area (Å²) >= 11 is 0. The summed E-state index contributed by atoms with van der Waals surface area (Å²) in [6.45, 7) is 9.16. The van der Waals surface area contributed by atoms with Crippen molar-refractivity contribution in [3.8, 4) is 0 Å². The Balaban J connectivity index is 2.70. The number of hydrogen-bond acceptors (Lipinski definition) is 5. The Bertz CT molecular complexity index is 309. The molecule has 1 fully saturated rings. The fourth-order valence-corrected chi connectivity index (χ4v) is 2.46. The number of ether oxygens (including phenoxy) is 1. The molecule has 19 heavy (non-hydrogen) atoms. The van der Waals surface area contributed by atoms with Crippen LogP contribution in [0.2, 0.25) is 0 Å². The van der Waals surface area contributed by atoms with Crippen LogP contribution < -0.4 is 0 Å². The van der Waals surface area contributed by atoms with Crippen LogP contribution in [-0.4, -0.2) is 34.5 Å². The Morgan fingerprint density at radius 1 is 1.47 bits per heavy atom. The summed E-state index contributed by atoms with van der Waals surface area (Å²) in [5, 5.41) is 9.42. The second-order valence-corrected chi connectivity index (χ2v) is 5.90. The predicted octanol–water partition coefficient (Wildman–Crippen LogP) is 2.36. The van der Waals surface area contributed by atoms with Gasteiger partial charge in [0, 0.05) is 6.42 Å². The van der Waals surface area contributed by atoms with Gasteiger partial charge in [-0.15, -0.1) is 0 Å². The van der Waals surface area contributed by atoms with Crippen LogP contribution in [0.25, 0.3) is 0 Å². The van der Waals surface area contributed by atoms with Crippen molar-refractivity contribution >= 4 is 5.97 Å². The monoisotopic (exact) mass is 274 g/mol. The summed E-state index contributed by atoms with van der Waals surface area (Å²) in [6.07, 6.45) is 1.82. The van der Waals surface area contributed by atoms with Gasteiger partial charge in [0.25, 0.3) is 0 Å². The molecule has 1 rings (SSSR count). The van der Waals surface area contributed by atoms with Gasteiger partial charge in [-0.3, -0.25) is 0 Å². The van der Waals surface area contributed by atoms with Gasteiger partial charge in [-0.1, -0.05) is 20.3 Å². The Morgan fingerprint density at radius 2 is 2.11 bits per heavy atom. The molecule has 1 N–H and O–H groups in total. The second-order valence-electron chi connectivity index (χ2n) is 5.90. The molecule has 1 heterocycles. The average molecular weight is 274 g/mol. The Kier molecular flexibility index (Phi) is 5.35. The topological polar surface area (TPSA) is 65.0 Å². The Hall–Kier alpha value is -0.650. The number of carbonyl (C=O) groups excluding carboxylic acids is 1. The molecule has 3 atom stereocenters. The van der Waals surface area contributed by atoms with Gasteiger partial charge in [0.15, 0.2) is 0 Å². The van der Waals surface area contributed by atoms with E-state index in [0.29, 0.717) is 12.8 Å². The van der Waals surface area contributed by atoms with Gasteiger partial charge in [0.1, 0.15) is 11.7 Å². The van der Waals surface area contributed by atoms with E-state index in [0.717, 1.165) is 12.8 Å². The first kappa shape index (κ1) is 16.4. The third kappa shape index (κ3) is 3.68. The maximum absolute atomic E-state index is 12.4. The lowest BCUT2D eigenvalue weighted by Gasteiger charge is -2.45. The lowest BCUT2D eigenvalue weighted by molar-refractivity contribution is -0.499.